The van der Waals surface area contributed by atoms with Crippen LogP contribution in [-0.2, 0) is 17.4 Å². The average Bonchev–Trinajstić information content (AvgIpc) is 3.46. The van der Waals surface area contributed by atoms with Gasteiger partial charge >= 0.3 is 6.18 Å². The van der Waals surface area contributed by atoms with Crippen molar-refractivity contribution in [3.05, 3.63) is 89.6 Å². The first-order valence-corrected chi connectivity index (χ1v) is 10.9. The van der Waals surface area contributed by atoms with E-state index < -0.39 is 11.7 Å². The van der Waals surface area contributed by atoms with Crippen LogP contribution in [0.5, 0.6) is 0 Å². The Balaban J connectivity index is 1.37. The minimum absolute atomic E-state index is 0.0817. The number of amides is 1. The second-order valence-electron chi connectivity index (χ2n) is 8.36. The van der Waals surface area contributed by atoms with Crippen molar-refractivity contribution < 1.29 is 26.8 Å². The maximum absolute atomic E-state index is 13.2. The summed E-state index contributed by atoms with van der Waals surface area (Å²) < 4.78 is 57.6. The monoisotopic (exact) mass is 468 g/mol. The lowest BCUT2D eigenvalue weighted by molar-refractivity contribution is -0.137. The van der Waals surface area contributed by atoms with Gasteiger partial charge in [-0.25, -0.2) is 9.37 Å². The number of alkyl halides is 3. The number of rotatable bonds is 4. The lowest BCUT2D eigenvalue weighted by Crippen LogP contribution is -2.32. The molecule has 2 heterocycles. The maximum Gasteiger partial charge on any atom is 0.416 e. The van der Waals surface area contributed by atoms with E-state index in [1.54, 1.807) is 35.2 Å². The van der Waals surface area contributed by atoms with Gasteiger partial charge < -0.3 is 9.32 Å². The van der Waals surface area contributed by atoms with Gasteiger partial charge in [-0.2, -0.15) is 13.2 Å². The summed E-state index contributed by atoms with van der Waals surface area (Å²) in [7, 11) is 0. The van der Waals surface area contributed by atoms with Crippen LogP contribution < -0.4 is 0 Å². The Labute approximate surface area is 192 Å². The van der Waals surface area contributed by atoms with E-state index in [1.165, 1.54) is 24.3 Å². The van der Waals surface area contributed by atoms with Gasteiger partial charge in [-0.1, -0.05) is 30.3 Å². The van der Waals surface area contributed by atoms with Gasteiger partial charge in [-0.15, -0.1) is 0 Å². The first-order chi connectivity index (χ1) is 16.3. The average molecular weight is 468 g/mol. The summed E-state index contributed by atoms with van der Waals surface area (Å²) in [5.74, 6) is 0.00345. The van der Waals surface area contributed by atoms with Crippen LogP contribution in [0.1, 0.15) is 35.9 Å². The third-order valence-electron chi connectivity index (χ3n) is 6.08. The minimum atomic E-state index is -4.38. The van der Waals surface area contributed by atoms with Crippen molar-refractivity contribution in [1.82, 2.24) is 9.88 Å². The summed E-state index contributed by atoms with van der Waals surface area (Å²) in [6.45, 7) is 0.584. The van der Waals surface area contributed by atoms with E-state index in [0.717, 1.165) is 29.7 Å². The number of fused-ring (bicyclic) bond motifs is 1. The molecule has 4 nitrogen and oxygen atoms in total. The highest BCUT2D eigenvalue weighted by Crippen LogP contribution is 2.35. The molecular weight excluding hydrogens is 448 g/mol. The molecule has 0 aliphatic carbocycles. The Kier molecular flexibility index (Phi) is 5.59. The highest BCUT2D eigenvalue weighted by Gasteiger charge is 2.33. The third-order valence-corrected chi connectivity index (χ3v) is 6.08. The number of likely N-dealkylation sites (tertiary alicyclic amines) is 1. The quantitative estimate of drug-likeness (QED) is 0.319. The molecule has 3 aromatic carbocycles. The predicted octanol–water partition coefficient (Wildman–Crippen LogP) is 6.56. The van der Waals surface area contributed by atoms with Gasteiger partial charge in [-0.3, -0.25) is 4.79 Å². The second kappa shape index (κ2) is 8.59. The molecule has 1 unspecified atom stereocenters. The van der Waals surface area contributed by atoms with Crippen molar-refractivity contribution in [3.63, 3.8) is 0 Å². The van der Waals surface area contributed by atoms with Crippen LogP contribution >= 0.6 is 0 Å². The molecule has 174 valence electrons. The van der Waals surface area contributed by atoms with E-state index in [2.05, 4.69) is 4.98 Å². The number of carbonyl (C=O) groups is 1. The van der Waals surface area contributed by atoms with Crippen molar-refractivity contribution in [2.75, 3.05) is 6.54 Å². The fourth-order valence-corrected chi connectivity index (χ4v) is 4.32. The fourth-order valence-electron chi connectivity index (χ4n) is 4.32. The predicted molar refractivity (Wildman–Crippen MR) is 118 cm³/mol. The third kappa shape index (κ3) is 4.40. The van der Waals surface area contributed by atoms with Crippen LogP contribution in [0, 0.1) is 5.82 Å². The maximum atomic E-state index is 13.2. The minimum Gasteiger partial charge on any atom is -0.438 e. The number of halogens is 4. The zero-order valence-corrected chi connectivity index (χ0v) is 18.0. The normalized spacial score (nSPS) is 16.4. The van der Waals surface area contributed by atoms with E-state index in [4.69, 9.17) is 4.42 Å². The van der Waals surface area contributed by atoms with Crippen LogP contribution in [0.15, 0.2) is 71.1 Å². The van der Waals surface area contributed by atoms with Crippen molar-refractivity contribution in [1.29, 1.82) is 0 Å². The molecule has 1 aliphatic rings. The molecule has 0 N–H and O–H groups in total. The zero-order valence-electron chi connectivity index (χ0n) is 18.0. The van der Waals surface area contributed by atoms with Gasteiger partial charge in [0.15, 0.2) is 5.58 Å². The number of nitrogens with zero attached hydrogens (tertiary/aromatic N) is 2. The van der Waals surface area contributed by atoms with Gasteiger partial charge in [0.05, 0.1) is 12.0 Å². The molecular formula is C26H20F4N2O2. The largest absolute Gasteiger partial charge is 0.438 e. The second-order valence-corrected chi connectivity index (χ2v) is 8.36. The highest BCUT2D eigenvalue weighted by molar-refractivity contribution is 5.81. The Morgan fingerprint density at radius 2 is 1.71 bits per heavy atom. The number of benzene rings is 3. The Hall–Kier alpha value is -3.68. The standard InChI is InChI=1S/C26H20F4N2O2/c27-20-10-3-16(4-11-20)14-24(33)32-13-1-2-22(32)25-31-21-15-18(7-12-23(21)34-25)17-5-8-19(9-6-17)26(28,29)30/h3-12,15,22H,1-2,13-14H2. The van der Waals surface area contributed by atoms with Crippen LogP contribution in [0.2, 0.25) is 0 Å². The van der Waals surface area contributed by atoms with E-state index in [0.29, 0.717) is 35.5 Å². The Morgan fingerprint density at radius 1 is 1.00 bits per heavy atom. The smallest absolute Gasteiger partial charge is 0.416 e. The fraction of sp³-hybridized carbons (Fsp3) is 0.231. The van der Waals surface area contributed by atoms with Crippen molar-refractivity contribution >= 4 is 17.0 Å². The van der Waals surface area contributed by atoms with Crippen LogP contribution in [0.25, 0.3) is 22.2 Å². The highest BCUT2D eigenvalue weighted by atomic mass is 19.4. The summed E-state index contributed by atoms with van der Waals surface area (Å²) in [6.07, 6.45) is -2.69. The molecule has 4 aromatic rings. The SMILES string of the molecule is O=C(Cc1ccc(F)cc1)N1CCCC1c1nc2cc(-c3ccc(C(F)(F)F)cc3)ccc2o1. The molecule has 0 bridgehead atoms. The van der Waals surface area contributed by atoms with Crippen molar-refractivity contribution in [2.45, 2.75) is 31.5 Å². The number of aromatic nitrogens is 1. The van der Waals surface area contributed by atoms with Crippen molar-refractivity contribution in [2.24, 2.45) is 0 Å². The van der Waals surface area contributed by atoms with E-state index in [-0.39, 0.29) is 24.2 Å². The molecule has 1 fully saturated rings. The number of oxazole rings is 1. The summed E-state index contributed by atoms with van der Waals surface area (Å²) in [5.41, 5.74) is 2.50. The van der Waals surface area contributed by atoms with Crippen LogP contribution in [0.3, 0.4) is 0 Å². The van der Waals surface area contributed by atoms with Gasteiger partial charge in [-0.05, 0) is 65.9 Å². The molecule has 0 spiro atoms. The number of hydrogen-bond acceptors (Lipinski definition) is 3. The lowest BCUT2D eigenvalue weighted by atomic mass is 10.0. The molecule has 1 aliphatic heterocycles. The summed E-state index contributed by atoms with van der Waals surface area (Å²) in [5, 5.41) is 0. The zero-order chi connectivity index (χ0) is 23.9. The Morgan fingerprint density at radius 3 is 2.41 bits per heavy atom. The molecule has 1 aromatic heterocycles. The van der Waals surface area contributed by atoms with Crippen molar-refractivity contribution in [3.8, 4) is 11.1 Å². The number of hydrogen-bond donors (Lipinski definition) is 0. The van der Waals surface area contributed by atoms with Gasteiger partial charge in [0.1, 0.15) is 17.4 Å². The summed E-state index contributed by atoms with van der Waals surface area (Å²) in [4.78, 5) is 19.3. The number of carbonyl (C=O) groups excluding carboxylic acids is 1. The molecule has 8 heteroatoms. The van der Waals surface area contributed by atoms with Gasteiger partial charge in [0.25, 0.3) is 0 Å². The van der Waals surface area contributed by atoms with Crippen LogP contribution in [-0.4, -0.2) is 22.3 Å². The molecule has 1 atom stereocenters. The first kappa shape index (κ1) is 22.1. The lowest BCUT2D eigenvalue weighted by Gasteiger charge is -2.22. The molecule has 5 rings (SSSR count). The molecule has 1 amide bonds. The Bertz CT molecular complexity index is 1330. The van der Waals surface area contributed by atoms with E-state index in [1.807, 2.05) is 0 Å². The van der Waals surface area contributed by atoms with Gasteiger partial charge in [0.2, 0.25) is 11.8 Å². The molecule has 0 radical (unpaired) electrons. The summed E-state index contributed by atoms with van der Waals surface area (Å²) >= 11 is 0. The van der Waals surface area contributed by atoms with E-state index in [9.17, 15) is 22.4 Å². The molecule has 1 saturated heterocycles. The molecule has 0 saturated carbocycles. The topological polar surface area (TPSA) is 46.3 Å². The van der Waals surface area contributed by atoms with Gasteiger partial charge in [0, 0.05) is 6.54 Å². The summed E-state index contributed by atoms with van der Waals surface area (Å²) in [6, 6.07) is 15.8. The van der Waals surface area contributed by atoms with Crippen LogP contribution in [0.4, 0.5) is 17.6 Å². The molecule has 34 heavy (non-hydrogen) atoms. The van der Waals surface area contributed by atoms with E-state index >= 15 is 0 Å². The first-order valence-electron chi connectivity index (χ1n) is 10.9.